The van der Waals surface area contributed by atoms with Gasteiger partial charge in [-0.1, -0.05) is 192 Å². The number of ether oxygens (including phenoxy) is 1. The highest BCUT2D eigenvalue weighted by Gasteiger charge is 2.01. The molecule has 6 heteroatoms. The lowest BCUT2D eigenvalue weighted by Gasteiger charge is -2.05. The zero-order valence-electron chi connectivity index (χ0n) is 43.9. The maximum absolute atomic E-state index is 8.59. The highest BCUT2D eigenvalue weighted by Crippen LogP contribution is 2.20. The van der Waals surface area contributed by atoms with Crippen LogP contribution in [0.2, 0.25) is 0 Å². The highest BCUT2D eigenvalue weighted by atomic mass is 79.9. The molecule has 3 aromatic heterocycles. The molecule has 0 aliphatic carbocycles. The Morgan fingerprint density at radius 2 is 0.882 bits per heavy atom. The summed E-state index contributed by atoms with van der Waals surface area (Å²) in [6.45, 7) is 30.4. The van der Waals surface area contributed by atoms with Gasteiger partial charge < -0.3 is 4.74 Å². The van der Waals surface area contributed by atoms with Gasteiger partial charge in [-0.15, -0.1) is 0 Å². The van der Waals surface area contributed by atoms with Crippen molar-refractivity contribution in [3.8, 4) is 11.8 Å². The molecule has 0 bridgehead atoms. The Bertz CT molecular complexity index is 2150. The number of nitrogens with zero attached hydrogens (tertiary/aromatic N) is 4. The van der Waals surface area contributed by atoms with E-state index in [2.05, 4.69) is 195 Å². The first-order valence-electron chi connectivity index (χ1n) is 24.0. The second-order valence-electron chi connectivity index (χ2n) is 18.4. The van der Waals surface area contributed by atoms with Crippen molar-refractivity contribution in [2.75, 3.05) is 7.11 Å². The molecule has 0 aliphatic heterocycles. The van der Waals surface area contributed by atoms with Crippen LogP contribution in [0, 0.1) is 11.3 Å². The summed E-state index contributed by atoms with van der Waals surface area (Å²) in [5.41, 5.74) is 9.94. The van der Waals surface area contributed by atoms with E-state index in [0.717, 1.165) is 17.0 Å². The first-order chi connectivity index (χ1) is 32.4. The number of hydrogen-bond acceptors (Lipinski definition) is 5. The van der Waals surface area contributed by atoms with E-state index in [9.17, 15) is 0 Å². The summed E-state index contributed by atoms with van der Waals surface area (Å²) in [6.07, 6.45) is 9.19. The van der Waals surface area contributed by atoms with Gasteiger partial charge in [-0.25, -0.2) is 0 Å². The van der Waals surface area contributed by atoms with Crippen LogP contribution in [-0.4, -0.2) is 22.1 Å². The van der Waals surface area contributed by atoms with E-state index >= 15 is 0 Å². The van der Waals surface area contributed by atoms with Gasteiger partial charge >= 0.3 is 0 Å². The van der Waals surface area contributed by atoms with Gasteiger partial charge in [-0.2, -0.15) is 5.26 Å². The third kappa shape index (κ3) is 27.0. The third-order valence-corrected chi connectivity index (χ3v) is 10.9. The summed E-state index contributed by atoms with van der Waals surface area (Å²) < 4.78 is 6.21. The molecule has 0 spiro atoms. The lowest BCUT2D eigenvalue weighted by Crippen LogP contribution is -1.88. The zero-order valence-corrected chi connectivity index (χ0v) is 45.4. The summed E-state index contributed by atoms with van der Waals surface area (Å²) in [6, 6.07) is 51.1. The summed E-state index contributed by atoms with van der Waals surface area (Å²) >= 11 is 3.43. The average Bonchev–Trinajstić information content (AvgIpc) is 3.36. The molecule has 0 aliphatic rings. The van der Waals surface area contributed by atoms with E-state index in [1.165, 1.54) is 37.9 Å². The van der Waals surface area contributed by atoms with E-state index in [-0.39, 0.29) is 0 Å². The molecule has 0 radical (unpaired) electrons. The van der Waals surface area contributed by atoms with E-state index in [1.54, 1.807) is 13.3 Å². The lowest BCUT2D eigenvalue weighted by molar-refractivity contribution is 0.414. The molecule has 0 N–H and O–H groups in total. The van der Waals surface area contributed by atoms with Gasteiger partial charge in [-0.05, 0) is 142 Å². The van der Waals surface area contributed by atoms with Crippen LogP contribution in [0.3, 0.4) is 0 Å². The molecule has 7 aromatic rings. The molecule has 5 nitrogen and oxygen atoms in total. The van der Waals surface area contributed by atoms with Gasteiger partial charge in [0.15, 0.2) is 0 Å². The Morgan fingerprint density at radius 3 is 1.25 bits per heavy atom. The summed E-state index contributed by atoms with van der Waals surface area (Å²) in [7, 11) is 1.68. The van der Waals surface area contributed by atoms with Crippen LogP contribution >= 0.6 is 15.9 Å². The SMILES string of the molecule is CC(C)c1cccc(Br)c1.CC(C)c1cccc(C#N)c1.CC(C)c1ccccc1.CC(C)c1ccccn1.CC(C)c1cccnc1.CC(C)c1ccncc1.COc1ccc(C(C)C)cc1. The van der Waals surface area contributed by atoms with Crippen molar-refractivity contribution in [1.82, 2.24) is 15.0 Å². The number of pyridine rings is 3. The highest BCUT2D eigenvalue weighted by molar-refractivity contribution is 9.10. The molecular formula is C62H81BrN4O. The maximum Gasteiger partial charge on any atom is 0.118 e. The number of halogens is 1. The Hall–Kier alpha value is -5.90. The fourth-order valence-corrected chi connectivity index (χ4v) is 6.26. The van der Waals surface area contributed by atoms with E-state index < -0.39 is 0 Å². The molecule has 0 saturated carbocycles. The van der Waals surface area contributed by atoms with Crippen LogP contribution in [0.4, 0.5) is 0 Å². The van der Waals surface area contributed by atoms with Gasteiger partial charge in [0.2, 0.25) is 0 Å². The third-order valence-electron chi connectivity index (χ3n) is 10.4. The quantitative estimate of drug-likeness (QED) is 0.152. The van der Waals surface area contributed by atoms with Crippen LogP contribution in [0.1, 0.15) is 183 Å². The topological polar surface area (TPSA) is 71.7 Å². The van der Waals surface area contributed by atoms with Crippen molar-refractivity contribution >= 4 is 15.9 Å². The van der Waals surface area contributed by atoms with Crippen LogP contribution < -0.4 is 4.74 Å². The molecule has 68 heavy (non-hydrogen) atoms. The molecule has 3 heterocycles. The van der Waals surface area contributed by atoms with Crippen molar-refractivity contribution < 1.29 is 4.74 Å². The Morgan fingerprint density at radius 1 is 0.412 bits per heavy atom. The Balaban J connectivity index is 0.000000397. The van der Waals surface area contributed by atoms with Crippen LogP contribution in [0.5, 0.6) is 5.75 Å². The van der Waals surface area contributed by atoms with Gasteiger partial charge in [0.1, 0.15) is 5.75 Å². The first kappa shape index (κ1) is 60.1. The lowest BCUT2D eigenvalue weighted by atomic mass is 10.0. The number of aromatic nitrogens is 3. The van der Waals surface area contributed by atoms with E-state index in [0.29, 0.717) is 41.4 Å². The van der Waals surface area contributed by atoms with Crippen LogP contribution in [-0.2, 0) is 0 Å². The minimum absolute atomic E-state index is 0.503. The van der Waals surface area contributed by atoms with Crippen molar-refractivity contribution in [2.24, 2.45) is 0 Å². The average molecular weight is 978 g/mol. The summed E-state index contributed by atoms with van der Waals surface area (Å²) in [5, 5.41) is 8.59. The summed E-state index contributed by atoms with van der Waals surface area (Å²) in [5.74, 6) is 5.07. The van der Waals surface area contributed by atoms with Crippen molar-refractivity contribution in [2.45, 2.75) is 138 Å². The second kappa shape index (κ2) is 35.3. The molecular weight excluding hydrogens is 897 g/mol. The maximum atomic E-state index is 8.59. The van der Waals surface area contributed by atoms with Gasteiger partial charge in [-0.3, -0.25) is 15.0 Å². The fraction of sp³-hybridized carbons (Fsp3) is 0.355. The monoisotopic (exact) mass is 977 g/mol. The number of hydrogen-bond donors (Lipinski definition) is 0. The molecule has 362 valence electrons. The Kier molecular flexibility index (Phi) is 31.2. The summed E-state index contributed by atoms with van der Waals surface area (Å²) in [4.78, 5) is 12.1. The van der Waals surface area contributed by atoms with Crippen LogP contribution in [0.25, 0.3) is 0 Å². The number of benzene rings is 4. The predicted octanol–water partition coefficient (Wildman–Crippen LogP) is 18.5. The predicted molar refractivity (Wildman–Crippen MR) is 296 cm³/mol. The fourth-order valence-electron chi connectivity index (χ4n) is 5.84. The van der Waals surface area contributed by atoms with Crippen LogP contribution in [0.15, 0.2) is 181 Å². The van der Waals surface area contributed by atoms with Crippen molar-refractivity contribution in [3.63, 3.8) is 0 Å². The molecule has 0 atom stereocenters. The van der Waals surface area contributed by atoms with E-state index in [4.69, 9.17) is 10.00 Å². The minimum Gasteiger partial charge on any atom is -0.497 e. The van der Waals surface area contributed by atoms with E-state index in [1.807, 2.05) is 110 Å². The van der Waals surface area contributed by atoms with Crippen molar-refractivity contribution in [1.29, 1.82) is 5.26 Å². The van der Waals surface area contributed by atoms with Gasteiger partial charge in [0.05, 0.1) is 18.7 Å². The molecule has 0 unspecified atom stereocenters. The first-order valence-corrected chi connectivity index (χ1v) is 24.8. The van der Waals surface area contributed by atoms with Gasteiger partial charge in [0, 0.05) is 41.2 Å². The molecule has 7 rings (SSSR count). The minimum atomic E-state index is 0.503. The molecule has 4 aromatic carbocycles. The Labute approximate surface area is 421 Å². The van der Waals surface area contributed by atoms with Crippen molar-refractivity contribution in [3.05, 3.63) is 226 Å². The number of nitriles is 1. The molecule has 0 saturated heterocycles. The largest absolute Gasteiger partial charge is 0.497 e. The standard InChI is InChI=1S/C10H11N.C10H14O.C9H11Br.C9H12.3C8H11N/c1-8(2)10-5-3-4-9(6-10)7-11;1-8(2)9-4-6-10(11-3)7-5-9;1-7(2)8-4-3-5-9(10)6-8;1-8(2)9-6-4-3-5-7-9;1-7(2)8-3-5-9-6-4-8;1-7(2)8-4-3-5-9-6-8;1-7(2)8-5-3-4-6-9-8/h3-6,8H,1-2H3;4-8H,1-3H3;3-7H,1-2H3;3-8H,1-2H3;3*3-7H,1-2H3. The number of methoxy groups -OCH3 is 1. The molecule has 0 amide bonds. The molecule has 0 fully saturated rings. The normalized spacial score (nSPS) is 10.1. The van der Waals surface area contributed by atoms with Gasteiger partial charge in [0.25, 0.3) is 0 Å². The zero-order chi connectivity index (χ0) is 50.9. The second-order valence-corrected chi connectivity index (χ2v) is 19.3. The smallest absolute Gasteiger partial charge is 0.118 e. The number of rotatable bonds is 8.